The summed E-state index contributed by atoms with van der Waals surface area (Å²) in [6, 6.07) is 8.85. The van der Waals surface area contributed by atoms with Gasteiger partial charge in [-0.1, -0.05) is 23.7 Å². The first kappa shape index (κ1) is 17.1. The van der Waals surface area contributed by atoms with Crippen LogP contribution in [0.5, 0.6) is 11.5 Å². The second-order valence-electron chi connectivity index (χ2n) is 4.61. The fourth-order valence-electron chi connectivity index (χ4n) is 1.92. The third kappa shape index (κ3) is 4.34. The highest BCUT2D eigenvalue weighted by atomic mass is 35.5. The SMILES string of the molecule is CCOc1cc(C(=O)NN)cc(Cl)c1OCc1ccc(F)cc1. The first-order valence-electron chi connectivity index (χ1n) is 6.89. The van der Waals surface area contributed by atoms with Crippen molar-refractivity contribution in [3.05, 3.63) is 58.4 Å². The van der Waals surface area contributed by atoms with Gasteiger partial charge < -0.3 is 9.47 Å². The molecule has 0 unspecified atom stereocenters. The van der Waals surface area contributed by atoms with Gasteiger partial charge in [0.25, 0.3) is 5.91 Å². The fraction of sp³-hybridized carbons (Fsp3) is 0.188. The van der Waals surface area contributed by atoms with Gasteiger partial charge in [0.1, 0.15) is 12.4 Å². The number of carbonyl (C=O) groups excluding carboxylic acids is 1. The van der Waals surface area contributed by atoms with Crippen LogP contribution in [0.25, 0.3) is 0 Å². The minimum absolute atomic E-state index is 0.183. The topological polar surface area (TPSA) is 73.6 Å². The Morgan fingerprint density at radius 2 is 1.96 bits per heavy atom. The Hall–Kier alpha value is -2.31. The molecule has 1 amide bonds. The second-order valence-corrected chi connectivity index (χ2v) is 5.01. The second kappa shape index (κ2) is 7.80. The normalized spacial score (nSPS) is 10.3. The van der Waals surface area contributed by atoms with E-state index in [4.69, 9.17) is 26.9 Å². The molecule has 5 nitrogen and oxygen atoms in total. The molecule has 3 N–H and O–H groups in total. The van der Waals surface area contributed by atoms with Crippen LogP contribution in [-0.2, 0) is 6.61 Å². The summed E-state index contributed by atoms with van der Waals surface area (Å²) in [4.78, 5) is 11.6. The summed E-state index contributed by atoms with van der Waals surface area (Å²) in [5.41, 5.74) is 3.06. The van der Waals surface area contributed by atoms with E-state index < -0.39 is 5.91 Å². The highest BCUT2D eigenvalue weighted by Crippen LogP contribution is 2.37. The van der Waals surface area contributed by atoms with Crippen LogP contribution in [-0.4, -0.2) is 12.5 Å². The Balaban J connectivity index is 2.25. The van der Waals surface area contributed by atoms with Crippen molar-refractivity contribution in [1.29, 1.82) is 0 Å². The van der Waals surface area contributed by atoms with Crippen molar-refractivity contribution in [3.8, 4) is 11.5 Å². The summed E-state index contributed by atoms with van der Waals surface area (Å²) >= 11 is 6.18. The quantitative estimate of drug-likeness (QED) is 0.482. The molecule has 2 rings (SSSR count). The summed E-state index contributed by atoms with van der Waals surface area (Å²) in [5, 5.41) is 0.219. The van der Waals surface area contributed by atoms with Gasteiger partial charge in [-0.15, -0.1) is 0 Å². The number of ether oxygens (including phenoxy) is 2. The van der Waals surface area contributed by atoms with E-state index in [0.29, 0.717) is 18.1 Å². The van der Waals surface area contributed by atoms with Crippen LogP contribution >= 0.6 is 11.6 Å². The molecule has 122 valence electrons. The van der Waals surface area contributed by atoms with E-state index in [0.717, 1.165) is 5.56 Å². The van der Waals surface area contributed by atoms with E-state index in [9.17, 15) is 9.18 Å². The van der Waals surface area contributed by atoms with Crippen LogP contribution < -0.4 is 20.7 Å². The first-order valence-corrected chi connectivity index (χ1v) is 7.27. The summed E-state index contributed by atoms with van der Waals surface area (Å²) in [5.74, 6) is 4.95. The maximum absolute atomic E-state index is 12.9. The Kier molecular flexibility index (Phi) is 5.78. The van der Waals surface area contributed by atoms with Crippen molar-refractivity contribution in [2.45, 2.75) is 13.5 Å². The minimum atomic E-state index is -0.488. The van der Waals surface area contributed by atoms with Crippen LogP contribution in [0.1, 0.15) is 22.8 Å². The molecule has 0 aliphatic rings. The van der Waals surface area contributed by atoms with Gasteiger partial charge in [-0.05, 0) is 36.8 Å². The van der Waals surface area contributed by atoms with Gasteiger partial charge in [-0.2, -0.15) is 0 Å². The summed E-state index contributed by atoms with van der Waals surface area (Å²) in [6.45, 7) is 2.35. The Bertz CT molecular complexity index is 692. The highest BCUT2D eigenvalue weighted by molar-refractivity contribution is 6.32. The Labute approximate surface area is 138 Å². The standard InChI is InChI=1S/C16H16ClFN2O3/c1-2-22-14-8-11(16(21)20-19)7-13(17)15(14)23-9-10-3-5-12(18)6-4-10/h3-8H,2,9,19H2,1H3,(H,20,21). The van der Waals surface area contributed by atoms with E-state index in [2.05, 4.69) is 0 Å². The smallest absolute Gasteiger partial charge is 0.265 e. The van der Waals surface area contributed by atoms with Crippen molar-refractivity contribution in [1.82, 2.24) is 5.43 Å². The lowest BCUT2D eigenvalue weighted by Gasteiger charge is -2.15. The number of nitrogens with two attached hydrogens (primary N) is 1. The van der Waals surface area contributed by atoms with Crippen LogP contribution in [0.15, 0.2) is 36.4 Å². The number of hydrazine groups is 1. The maximum Gasteiger partial charge on any atom is 0.265 e. The third-order valence-corrected chi connectivity index (χ3v) is 3.28. The van der Waals surface area contributed by atoms with Gasteiger partial charge in [-0.3, -0.25) is 10.2 Å². The zero-order valence-electron chi connectivity index (χ0n) is 12.4. The number of carbonyl (C=O) groups is 1. The minimum Gasteiger partial charge on any atom is -0.490 e. The van der Waals surface area contributed by atoms with Crippen molar-refractivity contribution >= 4 is 17.5 Å². The molecular formula is C16H16ClFN2O3. The molecule has 7 heteroatoms. The monoisotopic (exact) mass is 338 g/mol. The van der Waals surface area contributed by atoms with Gasteiger partial charge >= 0.3 is 0 Å². The molecule has 0 radical (unpaired) electrons. The van der Waals surface area contributed by atoms with Gasteiger partial charge in [0.15, 0.2) is 11.5 Å². The molecule has 0 fully saturated rings. The maximum atomic E-state index is 12.9. The molecule has 2 aromatic carbocycles. The lowest BCUT2D eigenvalue weighted by atomic mass is 10.2. The van der Waals surface area contributed by atoms with Gasteiger partial charge in [0, 0.05) is 5.56 Å². The molecule has 23 heavy (non-hydrogen) atoms. The van der Waals surface area contributed by atoms with E-state index in [1.54, 1.807) is 19.1 Å². The van der Waals surface area contributed by atoms with E-state index in [1.807, 2.05) is 5.43 Å². The van der Waals surface area contributed by atoms with Crippen molar-refractivity contribution in [2.75, 3.05) is 6.61 Å². The number of amides is 1. The van der Waals surface area contributed by atoms with Gasteiger partial charge in [0.05, 0.1) is 11.6 Å². The molecule has 0 atom stereocenters. The van der Waals surface area contributed by atoms with Crippen LogP contribution in [0.3, 0.4) is 0 Å². The van der Waals surface area contributed by atoms with E-state index in [1.165, 1.54) is 24.3 Å². The molecular weight excluding hydrogens is 323 g/mol. The molecule has 0 heterocycles. The number of hydrogen-bond donors (Lipinski definition) is 2. The number of nitrogen functional groups attached to an aromatic ring is 1. The van der Waals surface area contributed by atoms with Crippen LogP contribution in [0.2, 0.25) is 5.02 Å². The van der Waals surface area contributed by atoms with E-state index in [-0.39, 0.29) is 23.0 Å². The molecule has 0 aliphatic carbocycles. The third-order valence-electron chi connectivity index (χ3n) is 3.00. The Morgan fingerprint density at radius 3 is 2.57 bits per heavy atom. The summed E-state index contributed by atoms with van der Waals surface area (Å²) in [6.07, 6.45) is 0. The van der Waals surface area contributed by atoms with Gasteiger partial charge in [-0.25, -0.2) is 10.2 Å². The molecule has 0 saturated carbocycles. The molecule has 0 aliphatic heterocycles. The highest BCUT2D eigenvalue weighted by Gasteiger charge is 2.16. The number of nitrogens with one attached hydrogen (secondary N) is 1. The number of halogens is 2. The summed E-state index contributed by atoms with van der Waals surface area (Å²) in [7, 11) is 0. The lowest BCUT2D eigenvalue weighted by molar-refractivity contribution is 0.0953. The summed E-state index contributed by atoms with van der Waals surface area (Å²) < 4.78 is 24.0. The molecule has 0 bridgehead atoms. The van der Waals surface area contributed by atoms with E-state index >= 15 is 0 Å². The zero-order valence-corrected chi connectivity index (χ0v) is 13.2. The molecule has 0 aromatic heterocycles. The number of hydrogen-bond acceptors (Lipinski definition) is 4. The zero-order chi connectivity index (χ0) is 16.8. The predicted molar refractivity (Wildman–Crippen MR) is 85.0 cm³/mol. The number of rotatable bonds is 6. The lowest BCUT2D eigenvalue weighted by Crippen LogP contribution is -2.30. The van der Waals surface area contributed by atoms with Crippen molar-refractivity contribution in [2.24, 2.45) is 5.84 Å². The van der Waals surface area contributed by atoms with Crippen LogP contribution in [0.4, 0.5) is 4.39 Å². The molecule has 0 saturated heterocycles. The average molecular weight is 339 g/mol. The first-order chi connectivity index (χ1) is 11.0. The fourth-order valence-corrected chi connectivity index (χ4v) is 2.19. The van der Waals surface area contributed by atoms with Crippen molar-refractivity contribution in [3.63, 3.8) is 0 Å². The molecule has 2 aromatic rings. The number of benzene rings is 2. The van der Waals surface area contributed by atoms with Crippen LogP contribution in [0, 0.1) is 5.82 Å². The molecule has 0 spiro atoms. The van der Waals surface area contributed by atoms with Gasteiger partial charge in [0.2, 0.25) is 0 Å². The predicted octanol–water partition coefficient (Wildman–Crippen LogP) is 3.06. The Morgan fingerprint density at radius 1 is 1.26 bits per heavy atom. The van der Waals surface area contributed by atoms with Crippen molar-refractivity contribution < 1.29 is 18.7 Å². The average Bonchev–Trinajstić information content (AvgIpc) is 2.55. The largest absolute Gasteiger partial charge is 0.490 e.